The monoisotopic (exact) mass is 544 g/mol. The van der Waals surface area contributed by atoms with E-state index >= 15 is 0 Å². The van der Waals surface area contributed by atoms with E-state index < -0.39 is 0 Å². The van der Waals surface area contributed by atoms with Crippen LogP contribution in [0.3, 0.4) is 0 Å². The van der Waals surface area contributed by atoms with Gasteiger partial charge in [-0.25, -0.2) is 0 Å². The Hall–Kier alpha value is -0.900. The van der Waals surface area contributed by atoms with Gasteiger partial charge in [-0.2, -0.15) is 0 Å². The summed E-state index contributed by atoms with van der Waals surface area (Å²) in [6.45, 7) is 6.46. The molecule has 1 saturated heterocycles. The van der Waals surface area contributed by atoms with Crippen molar-refractivity contribution in [1.29, 1.82) is 0 Å². The quantitative estimate of drug-likeness (QED) is 0.237. The van der Waals surface area contributed by atoms with Crippen LogP contribution in [-0.2, 0) is 9.47 Å². The number of nitrogens with one attached hydrogen (secondary N) is 3. The minimum absolute atomic E-state index is 0. The van der Waals surface area contributed by atoms with Crippen molar-refractivity contribution in [1.82, 2.24) is 16.0 Å². The van der Waals surface area contributed by atoms with Crippen molar-refractivity contribution in [2.75, 3.05) is 47.1 Å². The van der Waals surface area contributed by atoms with Crippen LogP contribution in [0.4, 0.5) is 0 Å². The van der Waals surface area contributed by atoms with Gasteiger partial charge in [-0.15, -0.1) is 24.0 Å². The maximum atomic E-state index is 5.67. The lowest BCUT2D eigenvalue weighted by molar-refractivity contribution is 0.0354. The molecule has 0 aromatic heterocycles. The molecule has 0 bridgehead atoms. The molecular formula is C24H41IN4O2. The number of aliphatic imine (C=N–C) groups is 1. The fourth-order valence-corrected chi connectivity index (χ4v) is 4.67. The van der Waals surface area contributed by atoms with E-state index in [0.717, 1.165) is 58.1 Å². The van der Waals surface area contributed by atoms with Crippen LogP contribution in [0, 0.1) is 5.41 Å². The third kappa shape index (κ3) is 7.58. The summed E-state index contributed by atoms with van der Waals surface area (Å²) in [5, 5.41) is 11.1. The molecule has 0 radical (unpaired) electrons. The highest BCUT2D eigenvalue weighted by Gasteiger charge is 2.37. The van der Waals surface area contributed by atoms with E-state index in [9.17, 15) is 0 Å². The van der Waals surface area contributed by atoms with Crippen molar-refractivity contribution < 1.29 is 9.47 Å². The Morgan fingerprint density at radius 2 is 1.77 bits per heavy atom. The van der Waals surface area contributed by atoms with Gasteiger partial charge in [-0.3, -0.25) is 4.99 Å². The van der Waals surface area contributed by atoms with Crippen LogP contribution in [0.5, 0.6) is 0 Å². The molecule has 1 unspecified atom stereocenters. The molecule has 0 amide bonds. The van der Waals surface area contributed by atoms with Crippen LogP contribution < -0.4 is 16.0 Å². The number of nitrogens with zero attached hydrogens (tertiary/aromatic N) is 1. The zero-order valence-corrected chi connectivity index (χ0v) is 21.7. The first-order valence-corrected chi connectivity index (χ1v) is 11.4. The lowest BCUT2D eigenvalue weighted by atomic mass is 9.67. The molecule has 0 spiro atoms. The molecule has 31 heavy (non-hydrogen) atoms. The molecule has 176 valence electrons. The minimum Gasteiger partial charge on any atom is -0.385 e. The number of rotatable bonds is 10. The summed E-state index contributed by atoms with van der Waals surface area (Å²) in [6.07, 6.45) is 6.97. The van der Waals surface area contributed by atoms with E-state index in [-0.39, 0.29) is 35.6 Å². The average molecular weight is 545 g/mol. The fraction of sp³-hybridized carbons (Fsp3) is 0.708. The summed E-state index contributed by atoms with van der Waals surface area (Å²) in [4.78, 5) is 4.49. The van der Waals surface area contributed by atoms with Gasteiger partial charge in [0.25, 0.3) is 0 Å². The van der Waals surface area contributed by atoms with E-state index in [2.05, 4.69) is 58.2 Å². The number of hydrogen-bond acceptors (Lipinski definition) is 4. The molecule has 1 saturated carbocycles. The van der Waals surface area contributed by atoms with Crippen LogP contribution in [0.1, 0.15) is 57.1 Å². The summed E-state index contributed by atoms with van der Waals surface area (Å²) in [6, 6.07) is 10.9. The van der Waals surface area contributed by atoms with Gasteiger partial charge < -0.3 is 25.4 Å². The molecule has 7 heteroatoms. The maximum absolute atomic E-state index is 5.67. The Labute approximate surface area is 205 Å². The molecule has 2 aliphatic rings. The Bertz CT molecular complexity index is 661. The third-order valence-electron chi connectivity index (χ3n) is 6.97. The predicted octanol–water partition coefficient (Wildman–Crippen LogP) is 3.88. The van der Waals surface area contributed by atoms with Gasteiger partial charge in [0.05, 0.1) is 0 Å². The fourth-order valence-electron chi connectivity index (χ4n) is 4.67. The summed E-state index contributed by atoms with van der Waals surface area (Å²) in [5.74, 6) is 0.888. The van der Waals surface area contributed by atoms with Crippen LogP contribution >= 0.6 is 24.0 Å². The van der Waals surface area contributed by atoms with Crippen LogP contribution in [0.15, 0.2) is 35.3 Å². The van der Waals surface area contributed by atoms with Crippen LogP contribution in [-0.4, -0.2) is 58.6 Å². The van der Waals surface area contributed by atoms with Crippen molar-refractivity contribution in [3.8, 4) is 0 Å². The number of halogens is 1. The molecule has 1 heterocycles. The first-order valence-electron chi connectivity index (χ1n) is 11.4. The summed E-state index contributed by atoms with van der Waals surface area (Å²) in [5.41, 5.74) is 1.68. The standard InChI is InChI=1S/C24H40N4O2.HI/c1-20(21-8-5-4-6-9-21)28-24(13-16-30-17-14-24)19-27-22(25-2)26-18-23(10-7-11-23)12-15-29-3;/h4-6,8-9,20,28H,7,10-19H2,1-3H3,(H2,25,26,27);1H. The lowest BCUT2D eigenvalue weighted by Gasteiger charge is -2.43. The molecule has 1 aliphatic heterocycles. The van der Waals surface area contributed by atoms with Gasteiger partial charge in [-0.05, 0) is 50.0 Å². The van der Waals surface area contributed by atoms with Gasteiger partial charge in [0.2, 0.25) is 0 Å². The Morgan fingerprint density at radius 3 is 2.35 bits per heavy atom. The molecule has 2 fully saturated rings. The lowest BCUT2D eigenvalue weighted by Crippen LogP contribution is -2.58. The highest BCUT2D eigenvalue weighted by atomic mass is 127. The molecular weight excluding hydrogens is 503 g/mol. The van der Waals surface area contributed by atoms with Crippen molar-refractivity contribution in [3.63, 3.8) is 0 Å². The average Bonchev–Trinajstić information content (AvgIpc) is 2.76. The molecule has 6 nitrogen and oxygen atoms in total. The second-order valence-corrected chi connectivity index (χ2v) is 9.05. The Kier molecular flexibility index (Phi) is 11.0. The largest absolute Gasteiger partial charge is 0.385 e. The first-order chi connectivity index (χ1) is 14.6. The highest BCUT2D eigenvalue weighted by molar-refractivity contribution is 14.0. The van der Waals surface area contributed by atoms with Gasteiger partial charge in [-0.1, -0.05) is 36.8 Å². The highest BCUT2D eigenvalue weighted by Crippen LogP contribution is 2.43. The zero-order chi connectivity index (χ0) is 21.3. The van der Waals surface area contributed by atoms with E-state index in [1.54, 1.807) is 7.11 Å². The smallest absolute Gasteiger partial charge is 0.191 e. The Balaban J connectivity index is 0.00000341. The second-order valence-electron chi connectivity index (χ2n) is 9.05. The number of guanidine groups is 1. The van der Waals surface area contributed by atoms with Crippen LogP contribution in [0.25, 0.3) is 0 Å². The normalized spacial score (nSPS) is 20.8. The van der Waals surface area contributed by atoms with Crippen molar-refractivity contribution >= 4 is 29.9 Å². The number of hydrogen-bond donors (Lipinski definition) is 3. The molecule has 1 aromatic rings. The minimum atomic E-state index is -0.00463. The molecule has 3 N–H and O–H groups in total. The van der Waals surface area contributed by atoms with Gasteiger partial charge in [0, 0.05) is 58.6 Å². The molecule has 1 atom stereocenters. The SMILES string of the molecule is CN=C(NCC1(CCOC)CCC1)NCC1(NC(C)c2ccccc2)CCOCC1.I. The van der Waals surface area contributed by atoms with E-state index in [0.29, 0.717) is 5.41 Å². The summed E-state index contributed by atoms with van der Waals surface area (Å²) in [7, 11) is 3.64. The number of methoxy groups -OCH3 is 1. The Morgan fingerprint density at radius 1 is 1.10 bits per heavy atom. The zero-order valence-electron chi connectivity index (χ0n) is 19.4. The van der Waals surface area contributed by atoms with E-state index in [4.69, 9.17) is 9.47 Å². The maximum Gasteiger partial charge on any atom is 0.191 e. The number of benzene rings is 1. The van der Waals surface area contributed by atoms with Gasteiger partial charge in [0.15, 0.2) is 5.96 Å². The topological polar surface area (TPSA) is 66.9 Å². The van der Waals surface area contributed by atoms with Crippen molar-refractivity contribution in [3.05, 3.63) is 35.9 Å². The van der Waals surface area contributed by atoms with Gasteiger partial charge >= 0.3 is 0 Å². The summed E-state index contributed by atoms with van der Waals surface area (Å²) < 4.78 is 11.0. The first kappa shape index (κ1) is 26.4. The van der Waals surface area contributed by atoms with Gasteiger partial charge in [0.1, 0.15) is 0 Å². The predicted molar refractivity (Wildman–Crippen MR) is 138 cm³/mol. The number of ether oxygens (including phenoxy) is 2. The molecule has 1 aliphatic carbocycles. The molecule has 3 rings (SSSR count). The van der Waals surface area contributed by atoms with E-state index in [1.165, 1.54) is 24.8 Å². The van der Waals surface area contributed by atoms with E-state index in [1.807, 2.05) is 7.05 Å². The van der Waals surface area contributed by atoms with Crippen molar-refractivity contribution in [2.24, 2.45) is 10.4 Å². The van der Waals surface area contributed by atoms with Crippen LogP contribution in [0.2, 0.25) is 0 Å². The molecule has 1 aromatic carbocycles. The third-order valence-corrected chi connectivity index (χ3v) is 6.97. The summed E-state index contributed by atoms with van der Waals surface area (Å²) >= 11 is 0. The van der Waals surface area contributed by atoms with Crippen molar-refractivity contribution in [2.45, 2.75) is 57.0 Å². The second kappa shape index (κ2) is 13.0.